The van der Waals surface area contributed by atoms with Crippen LogP contribution in [0.25, 0.3) is 0 Å². The second-order valence-electron chi connectivity index (χ2n) is 3.27. The van der Waals surface area contributed by atoms with Crippen LogP contribution in [0, 0.1) is 11.6 Å². The number of unbranched alkanes of at least 4 members (excludes halogenated alkanes) is 2. The van der Waals surface area contributed by atoms with Gasteiger partial charge in [-0.05, 0) is 37.3 Å². The fraction of sp³-hybridized carbons (Fsp3) is 0.455. The molecule has 0 bridgehead atoms. The number of nitrogens with two attached hydrogens (primary N) is 1. The monoisotopic (exact) mass is 231 g/mol. The van der Waals surface area contributed by atoms with Gasteiger partial charge in [-0.2, -0.15) is 0 Å². The third kappa shape index (κ3) is 4.62. The molecule has 0 aliphatic rings. The molecule has 2 N–H and O–H groups in total. The van der Waals surface area contributed by atoms with Gasteiger partial charge in [0.2, 0.25) is 0 Å². The highest BCUT2D eigenvalue weighted by Gasteiger charge is 2.03. The highest BCUT2D eigenvalue weighted by Crippen LogP contribution is 2.23. The Morgan fingerprint density at radius 3 is 2.60 bits per heavy atom. The van der Waals surface area contributed by atoms with Gasteiger partial charge in [-0.1, -0.05) is 6.42 Å². The molecule has 0 radical (unpaired) electrons. The summed E-state index contributed by atoms with van der Waals surface area (Å²) in [5.74, 6) is -0.151. The maximum absolute atomic E-state index is 13.1. The van der Waals surface area contributed by atoms with Gasteiger partial charge in [-0.15, -0.1) is 11.8 Å². The van der Waals surface area contributed by atoms with Crippen molar-refractivity contribution in [2.75, 3.05) is 12.3 Å². The second-order valence-corrected chi connectivity index (χ2v) is 4.41. The first-order valence-electron chi connectivity index (χ1n) is 5.02. The highest BCUT2D eigenvalue weighted by atomic mass is 32.2. The maximum atomic E-state index is 13.1. The number of hydrogen-bond donors (Lipinski definition) is 1. The molecule has 0 amide bonds. The molecule has 0 aromatic heterocycles. The summed E-state index contributed by atoms with van der Waals surface area (Å²) in [6.45, 7) is 0.704. The molecule has 84 valence electrons. The topological polar surface area (TPSA) is 26.0 Å². The molecule has 0 unspecified atom stereocenters. The highest BCUT2D eigenvalue weighted by molar-refractivity contribution is 7.99. The largest absolute Gasteiger partial charge is 0.330 e. The van der Waals surface area contributed by atoms with Crippen molar-refractivity contribution in [2.24, 2.45) is 5.73 Å². The smallest absolute Gasteiger partial charge is 0.139 e. The number of hydrogen-bond acceptors (Lipinski definition) is 2. The number of benzene rings is 1. The SMILES string of the molecule is NCCCCCSc1ccc(F)cc1F. The van der Waals surface area contributed by atoms with E-state index in [1.54, 1.807) is 0 Å². The van der Waals surface area contributed by atoms with Gasteiger partial charge in [0, 0.05) is 11.0 Å². The fourth-order valence-corrected chi connectivity index (χ4v) is 2.13. The van der Waals surface area contributed by atoms with Crippen LogP contribution in [-0.4, -0.2) is 12.3 Å². The summed E-state index contributed by atoms with van der Waals surface area (Å²) in [5.41, 5.74) is 5.35. The van der Waals surface area contributed by atoms with Crippen LogP contribution in [0.1, 0.15) is 19.3 Å². The van der Waals surface area contributed by atoms with Gasteiger partial charge in [0.05, 0.1) is 0 Å². The summed E-state index contributed by atoms with van der Waals surface area (Å²) < 4.78 is 25.7. The molecule has 0 saturated heterocycles. The van der Waals surface area contributed by atoms with E-state index in [2.05, 4.69) is 0 Å². The minimum atomic E-state index is -0.528. The molecule has 0 aliphatic carbocycles. The van der Waals surface area contributed by atoms with Crippen LogP contribution in [-0.2, 0) is 0 Å². The zero-order valence-electron chi connectivity index (χ0n) is 8.51. The Bertz CT molecular complexity index is 305. The zero-order chi connectivity index (χ0) is 11.1. The van der Waals surface area contributed by atoms with E-state index in [1.807, 2.05) is 0 Å². The Hall–Kier alpha value is -0.610. The van der Waals surface area contributed by atoms with E-state index in [1.165, 1.54) is 23.9 Å². The molecule has 4 heteroatoms. The van der Waals surface area contributed by atoms with Crippen LogP contribution in [0.2, 0.25) is 0 Å². The molecule has 0 atom stereocenters. The Labute approximate surface area is 93.1 Å². The molecular weight excluding hydrogens is 216 g/mol. The van der Waals surface area contributed by atoms with E-state index >= 15 is 0 Å². The van der Waals surface area contributed by atoms with E-state index in [0.29, 0.717) is 11.4 Å². The van der Waals surface area contributed by atoms with Crippen LogP contribution < -0.4 is 5.73 Å². The summed E-state index contributed by atoms with van der Waals surface area (Å²) in [5, 5.41) is 0. The van der Waals surface area contributed by atoms with Crippen molar-refractivity contribution in [3.05, 3.63) is 29.8 Å². The van der Waals surface area contributed by atoms with Crippen LogP contribution in [0.15, 0.2) is 23.1 Å². The van der Waals surface area contributed by atoms with Gasteiger partial charge in [0.1, 0.15) is 11.6 Å². The van der Waals surface area contributed by atoms with Crippen LogP contribution in [0.5, 0.6) is 0 Å². The lowest BCUT2D eigenvalue weighted by Crippen LogP contribution is -1.98. The van der Waals surface area contributed by atoms with Crippen molar-refractivity contribution >= 4 is 11.8 Å². The van der Waals surface area contributed by atoms with Crippen molar-refractivity contribution in [1.82, 2.24) is 0 Å². The first-order chi connectivity index (χ1) is 7.24. The van der Waals surface area contributed by atoms with Crippen molar-refractivity contribution in [3.63, 3.8) is 0 Å². The third-order valence-corrected chi connectivity index (χ3v) is 3.13. The third-order valence-electron chi connectivity index (χ3n) is 2.00. The van der Waals surface area contributed by atoms with Gasteiger partial charge in [0.15, 0.2) is 0 Å². The molecule has 0 heterocycles. The average molecular weight is 231 g/mol. The molecule has 0 spiro atoms. The molecule has 0 saturated carbocycles. The van der Waals surface area contributed by atoms with Gasteiger partial charge >= 0.3 is 0 Å². The minimum Gasteiger partial charge on any atom is -0.330 e. The molecule has 1 rings (SSSR count). The summed E-state index contributed by atoms with van der Waals surface area (Å²) in [7, 11) is 0. The normalized spacial score (nSPS) is 10.6. The fourth-order valence-electron chi connectivity index (χ4n) is 1.20. The Balaban J connectivity index is 2.31. The quantitative estimate of drug-likeness (QED) is 0.601. The Kier molecular flexibility index (Phi) is 5.65. The van der Waals surface area contributed by atoms with E-state index < -0.39 is 11.6 Å². The predicted molar refractivity (Wildman–Crippen MR) is 60.0 cm³/mol. The van der Waals surface area contributed by atoms with Gasteiger partial charge < -0.3 is 5.73 Å². The van der Waals surface area contributed by atoms with Gasteiger partial charge in [0.25, 0.3) is 0 Å². The number of halogens is 2. The predicted octanol–water partition coefficient (Wildman–Crippen LogP) is 3.19. The summed E-state index contributed by atoms with van der Waals surface area (Å²) >= 11 is 1.42. The Morgan fingerprint density at radius 2 is 1.93 bits per heavy atom. The lowest BCUT2D eigenvalue weighted by Gasteiger charge is -2.02. The maximum Gasteiger partial charge on any atom is 0.139 e. The first kappa shape index (κ1) is 12.5. The van der Waals surface area contributed by atoms with Crippen molar-refractivity contribution < 1.29 is 8.78 Å². The molecule has 1 nitrogen and oxygen atoms in total. The molecule has 0 fully saturated rings. The molecule has 15 heavy (non-hydrogen) atoms. The van der Waals surface area contributed by atoms with Crippen molar-refractivity contribution in [1.29, 1.82) is 0 Å². The first-order valence-corrected chi connectivity index (χ1v) is 6.00. The number of thioether (sulfide) groups is 1. The average Bonchev–Trinajstić information content (AvgIpc) is 2.20. The summed E-state index contributed by atoms with van der Waals surface area (Å²) in [6.07, 6.45) is 3.08. The lowest BCUT2D eigenvalue weighted by atomic mass is 10.2. The summed E-state index contributed by atoms with van der Waals surface area (Å²) in [6, 6.07) is 3.69. The van der Waals surface area contributed by atoms with Crippen molar-refractivity contribution in [3.8, 4) is 0 Å². The van der Waals surface area contributed by atoms with E-state index in [4.69, 9.17) is 5.73 Å². The molecule has 1 aromatic rings. The van der Waals surface area contributed by atoms with Crippen LogP contribution >= 0.6 is 11.8 Å². The van der Waals surface area contributed by atoms with Crippen LogP contribution in [0.3, 0.4) is 0 Å². The van der Waals surface area contributed by atoms with Gasteiger partial charge in [-0.3, -0.25) is 0 Å². The van der Waals surface area contributed by atoms with E-state index in [0.717, 1.165) is 31.1 Å². The second kappa shape index (κ2) is 6.80. The zero-order valence-corrected chi connectivity index (χ0v) is 9.33. The standard InChI is InChI=1S/C11H15F2NS/c12-9-4-5-11(10(13)8-9)15-7-3-1-2-6-14/h4-5,8H,1-3,6-7,14H2. The minimum absolute atomic E-state index is 0.473. The van der Waals surface area contributed by atoms with Crippen molar-refractivity contribution in [2.45, 2.75) is 24.2 Å². The number of rotatable bonds is 6. The van der Waals surface area contributed by atoms with Crippen LogP contribution in [0.4, 0.5) is 8.78 Å². The summed E-state index contributed by atoms with van der Waals surface area (Å²) in [4.78, 5) is 0.518. The molecular formula is C11H15F2NS. The molecule has 0 aliphatic heterocycles. The van der Waals surface area contributed by atoms with Gasteiger partial charge in [-0.25, -0.2) is 8.78 Å². The van der Waals surface area contributed by atoms with E-state index in [-0.39, 0.29) is 0 Å². The lowest BCUT2D eigenvalue weighted by molar-refractivity contribution is 0.565. The molecule has 1 aromatic carbocycles. The van der Waals surface area contributed by atoms with E-state index in [9.17, 15) is 8.78 Å². The Morgan fingerprint density at radius 1 is 1.13 bits per heavy atom.